The number of hydrogen-bond acceptors (Lipinski definition) is 0. The van der Waals surface area contributed by atoms with Crippen molar-refractivity contribution in [3.8, 4) is 0 Å². The summed E-state index contributed by atoms with van der Waals surface area (Å²) < 4.78 is 0. The van der Waals surface area contributed by atoms with E-state index in [1.165, 1.54) is 30.4 Å². The van der Waals surface area contributed by atoms with Gasteiger partial charge < -0.3 is 0 Å². The third kappa shape index (κ3) is 14.3. The summed E-state index contributed by atoms with van der Waals surface area (Å²) in [5.74, 6) is 0. The Bertz CT molecular complexity index is 145. The second kappa shape index (κ2) is 11.5. The maximum absolute atomic E-state index is 2.30. The van der Waals surface area contributed by atoms with E-state index in [-0.39, 0.29) is 0 Å². The molecule has 0 saturated carbocycles. The Morgan fingerprint density at radius 1 is 1.00 bits per heavy atom. The lowest BCUT2D eigenvalue weighted by atomic mass is 10.1. The summed E-state index contributed by atoms with van der Waals surface area (Å²) in [6, 6.07) is 0. The molecule has 0 aliphatic heterocycles. The van der Waals surface area contributed by atoms with Crippen molar-refractivity contribution < 1.29 is 0 Å². The number of rotatable bonds is 4. The highest BCUT2D eigenvalue weighted by Gasteiger charge is 1.86. The van der Waals surface area contributed by atoms with Crippen LogP contribution in [0.15, 0.2) is 23.3 Å². The molecule has 0 saturated heterocycles. The first-order chi connectivity index (χ1) is 6.16. The second-order valence-electron chi connectivity index (χ2n) is 3.28. The zero-order chi connectivity index (χ0) is 10.7. The molecule has 0 radical (unpaired) electrons. The highest BCUT2D eigenvalue weighted by Crippen LogP contribution is 2.06. The van der Waals surface area contributed by atoms with E-state index in [1.807, 2.05) is 13.8 Å². The highest BCUT2D eigenvalue weighted by molar-refractivity contribution is 5.01. The van der Waals surface area contributed by atoms with Crippen LogP contribution in [0.2, 0.25) is 0 Å². The zero-order valence-electron chi connectivity index (χ0n) is 10.3. The molecule has 0 heterocycles. The lowest BCUT2D eigenvalue weighted by Gasteiger charge is -1.96. The predicted octanol–water partition coefficient (Wildman–Crippen LogP) is 5.12. The van der Waals surface area contributed by atoms with Gasteiger partial charge >= 0.3 is 0 Å². The van der Waals surface area contributed by atoms with Crippen LogP contribution in [-0.2, 0) is 0 Å². The van der Waals surface area contributed by atoms with E-state index in [1.54, 1.807) is 0 Å². The van der Waals surface area contributed by atoms with Gasteiger partial charge in [-0.05, 0) is 40.0 Å². The zero-order valence-corrected chi connectivity index (χ0v) is 10.3. The summed E-state index contributed by atoms with van der Waals surface area (Å²) in [5.41, 5.74) is 2.94. The lowest BCUT2D eigenvalue weighted by Crippen LogP contribution is -1.76. The number of hydrogen-bond donors (Lipinski definition) is 0. The monoisotopic (exact) mass is 182 g/mol. The molecule has 0 aromatic heterocycles. The van der Waals surface area contributed by atoms with Gasteiger partial charge in [0.05, 0.1) is 0 Å². The molecule has 13 heavy (non-hydrogen) atoms. The standard InChI is InChI=1S/C11H20.C2H6/c1-5-7-11(4)9-6-8-10(2)3;1-2/h7-8H,5-6,9H2,1-4H3;1-2H3/b11-7+;. The largest absolute Gasteiger partial charge is 0.0859 e. The van der Waals surface area contributed by atoms with Crippen LogP contribution in [0.3, 0.4) is 0 Å². The minimum atomic E-state index is 1.17. The van der Waals surface area contributed by atoms with Gasteiger partial charge in [-0.15, -0.1) is 0 Å². The minimum Gasteiger partial charge on any atom is -0.0859 e. The molecule has 0 N–H and O–H groups in total. The van der Waals surface area contributed by atoms with E-state index >= 15 is 0 Å². The van der Waals surface area contributed by atoms with Crippen molar-refractivity contribution >= 4 is 0 Å². The van der Waals surface area contributed by atoms with Crippen molar-refractivity contribution in [2.24, 2.45) is 0 Å². The van der Waals surface area contributed by atoms with Crippen molar-refractivity contribution in [1.82, 2.24) is 0 Å². The number of allylic oxidation sites excluding steroid dienone is 4. The van der Waals surface area contributed by atoms with Crippen LogP contribution in [-0.4, -0.2) is 0 Å². The van der Waals surface area contributed by atoms with E-state index in [2.05, 4.69) is 39.8 Å². The fourth-order valence-corrected chi connectivity index (χ4v) is 1.04. The van der Waals surface area contributed by atoms with Crippen molar-refractivity contribution in [3.63, 3.8) is 0 Å². The molecular weight excluding hydrogens is 156 g/mol. The SMILES string of the molecule is CC.CC/C=C(\C)CCC=C(C)C. The van der Waals surface area contributed by atoms with Crippen LogP contribution in [0.5, 0.6) is 0 Å². The third-order valence-corrected chi connectivity index (χ3v) is 1.64. The Hall–Kier alpha value is -0.520. The molecule has 0 bridgehead atoms. The summed E-state index contributed by atoms with van der Waals surface area (Å²) >= 11 is 0. The molecule has 78 valence electrons. The average molecular weight is 182 g/mol. The van der Waals surface area contributed by atoms with Crippen molar-refractivity contribution in [2.45, 2.75) is 60.8 Å². The molecule has 0 aliphatic carbocycles. The summed E-state index contributed by atoms with van der Waals surface area (Å²) in [5, 5.41) is 0. The summed E-state index contributed by atoms with van der Waals surface area (Å²) in [6.45, 7) is 12.7. The van der Waals surface area contributed by atoms with E-state index < -0.39 is 0 Å². The predicted molar refractivity (Wildman–Crippen MR) is 64.1 cm³/mol. The Kier molecular flexibility index (Phi) is 13.2. The average Bonchev–Trinajstić information content (AvgIpc) is 2.08. The fraction of sp³-hybridized carbons (Fsp3) is 0.692. The third-order valence-electron chi connectivity index (χ3n) is 1.64. The van der Waals surface area contributed by atoms with Crippen LogP contribution >= 0.6 is 0 Å². The fourth-order valence-electron chi connectivity index (χ4n) is 1.04. The Labute approximate surface area is 84.7 Å². The van der Waals surface area contributed by atoms with Gasteiger partial charge in [-0.3, -0.25) is 0 Å². The van der Waals surface area contributed by atoms with Crippen LogP contribution in [0, 0.1) is 0 Å². The summed E-state index contributed by atoms with van der Waals surface area (Å²) in [4.78, 5) is 0. The molecule has 0 fully saturated rings. The maximum Gasteiger partial charge on any atom is -0.0288 e. The van der Waals surface area contributed by atoms with Crippen LogP contribution in [0.1, 0.15) is 60.8 Å². The Morgan fingerprint density at radius 2 is 1.54 bits per heavy atom. The quantitative estimate of drug-likeness (QED) is 0.530. The Balaban J connectivity index is 0. The first-order valence-corrected chi connectivity index (χ1v) is 5.45. The van der Waals surface area contributed by atoms with Crippen molar-refractivity contribution in [2.75, 3.05) is 0 Å². The van der Waals surface area contributed by atoms with Gasteiger partial charge in [-0.25, -0.2) is 0 Å². The Morgan fingerprint density at radius 3 is 1.92 bits per heavy atom. The van der Waals surface area contributed by atoms with Crippen molar-refractivity contribution in [1.29, 1.82) is 0 Å². The van der Waals surface area contributed by atoms with Crippen molar-refractivity contribution in [3.05, 3.63) is 23.3 Å². The molecular formula is C13H26. The first-order valence-electron chi connectivity index (χ1n) is 5.45. The molecule has 0 atom stereocenters. The van der Waals surface area contributed by atoms with Crippen LogP contribution in [0.4, 0.5) is 0 Å². The first kappa shape index (κ1) is 15.0. The van der Waals surface area contributed by atoms with Gasteiger partial charge in [-0.1, -0.05) is 44.1 Å². The molecule has 0 aliphatic rings. The van der Waals surface area contributed by atoms with E-state index in [9.17, 15) is 0 Å². The molecule has 0 unspecified atom stereocenters. The maximum atomic E-state index is 2.30. The van der Waals surface area contributed by atoms with Gasteiger partial charge in [0.25, 0.3) is 0 Å². The van der Waals surface area contributed by atoms with Gasteiger partial charge in [0, 0.05) is 0 Å². The van der Waals surface area contributed by atoms with Crippen LogP contribution in [0.25, 0.3) is 0 Å². The smallest absolute Gasteiger partial charge is 0.0288 e. The van der Waals surface area contributed by atoms with E-state index in [0.717, 1.165) is 0 Å². The van der Waals surface area contributed by atoms with Gasteiger partial charge in [0.15, 0.2) is 0 Å². The minimum absolute atomic E-state index is 1.17. The molecule has 0 aromatic rings. The molecule has 0 aromatic carbocycles. The summed E-state index contributed by atoms with van der Waals surface area (Å²) in [6.07, 6.45) is 8.19. The normalized spacial score (nSPS) is 10.2. The molecule has 0 rings (SSSR count). The van der Waals surface area contributed by atoms with Gasteiger partial charge in [0.1, 0.15) is 0 Å². The second-order valence-corrected chi connectivity index (χ2v) is 3.28. The summed E-state index contributed by atoms with van der Waals surface area (Å²) in [7, 11) is 0. The molecule has 0 spiro atoms. The van der Waals surface area contributed by atoms with Gasteiger partial charge in [-0.2, -0.15) is 0 Å². The molecule has 0 heteroatoms. The van der Waals surface area contributed by atoms with Crippen LogP contribution < -0.4 is 0 Å². The molecule has 0 nitrogen and oxygen atoms in total. The van der Waals surface area contributed by atoms with E-state index in [0.29, 0.717) is 0 Å². The lowest BCUT2D eigenvalue weighted by molar-refractivity contribution is 0.952. The highest BCUT2D eigenvalue weighted by atomic mass is 13.9. The molecule has 0 amide bonds. The van der Waals surface area contributed by atoms with Gasteiger partial charge in [0.2, 0.25) is 0 Å². The van der Waals surface area contributed by atoms with E-state index in [4.69, 9.17) is 0 Å². The topological polar surface area (TPSA) is 0 Å².